The van der Waals surface area contributed by atoms with E-state index >= 15 is 0 Å². The second kappa shape index (κ2) is 11.5. The summed E-state index contributed by atoms with van der Waals surface area (Å²) in [6.45, 7) is 4.08. The van der Waals surface area contributed by atoms with Gasteiger partial charge in [-0.25, -0.2) is 18.4 Å². The lowest BCUT2D eigenvalue weighted by Crippen LogP contribution is -2.33. The Balaban J connectivity index is 1.43. The molecule has 8 nitrogen and oxygen atoms in total. The van der Waals surface area contributed by atoms with Crippen molar-refractivity contribution < 1.29 is 8.42 Å². The van der Waals surface area contributed by atoms with E-state index < -0.39 is 10.0 Å². The summed E-state index contributed by atoms with van der Waals surface area (Å²) < 4.78 is 28.6. The number of fused-ring (bicyclic) bond motifs is 1. The Kier molecular flexibility index (Phi) is 8.02. The van der Waals surface area contributed by atoms with Crippen molar-refractivity contribution in [3.63, 3.8) is 0 Å². The summed E-state index contributed by atoms with van der Waals surface area (Å²) in [5.41, 5.74) is 11.0. The molecule has 204 valence electrons. The minimum Gasteiger partial charge on any atom is -0.351 e. The standard InChI is InChI=1S/C29H33ClN6O2S/c1-3-18-15-25(32-17-26(18)36-39(37,38)27-8-6-5-7-24(27)30)20-13-19(4-2)28-21(14-20)16-33-29(35-28)34-23-11-9-22(31)10-12-23/h5-8,13-17,22-23,36H,3-4,9-12,31H2,1-2H3,(H,33,34,35)/t22-,23-. The Bertz CT molecular complexity index is 1600. The highest BCUT2D eigenvalue weighted by Gasteiger charge is 2.21. The van der Waals surface area contributed by atoms with Crippen molar-refractivity contribution in [3.8, 4) is 11.3 Å². The Hall–Kier alpha value is -3.27. The number of halogens is 1. The fraction of sp³-hybridized carbons (Fsp3) is 0.345. The predicted molar refractivity (Wildman–Crippen MR) is 158 cm³/mol. The van der Waals surface area contributed by atoms with Crippen molar-refractivity contribution in [2.75, 3.05) is 10.0 Å². The van der Waals surface area contributed by atoms with Crippen LogP contribution >= 0.6 is 11.6 Å². The summed E-state index contributed by atoms with van der Waals surface area (Å²) in [4.78, 5) is 14.1. The Morgan fingerprint density at radius 3 is 2.44 bits per heavy atom. The molecular formula is C29H33ClN6O2S. The number of hydrogen-bond donors (Lipinski definition) is 3. The SMILES string of the molecule is CCc1cc(-c2cc(CC)c3nc(N[C@H]4CC[C@H](N)CC4)ncc3c2)ncc1NS(=O)(=O)c1ccccc1Cl. The smallest absolute Gasteiger partial charge is 0.263 e. The normalized spacial score (nSPS) is 17.7. The number of nitrogens with one attached hydrogen (secondary N) is 2. The molecule has 0 unspecified atom stereocenters. The molecule has 5 rings (SSSR count). The van der Waals surface area contributed by atoms with Crippen LogP contribution in [0.3, 0.4) is 0 Å². The number of pyridine rings is 1. The summed E-state index contributed by atoms with van der Waals surface area (Å²) in [6.07, 6.45) is 8.93. The third-order valence-electron chi connectivity index (χ3n) is 7.28. The van der Waals surface area contributed by atoms with Crippen molar-refractivity contribution >= 4 is 44.2 Å². The maximum Gasteiger partial charge on any atom is 0.263 e. The number of nitrogens with two attached hydrogens (primary N) is 1. The molecule has 1 fully saturated rings. The van der Waals surface area contributed by atoms with Gasteiger partial charge in [0.2, 0.25) is 5.95 Å². The first-order valence-corrected chi connectivity index (χ1v) is 15.2. The zero-order valence-electron chi connectivity index (χ0n) is 22.1. The monoisotopic (exact) mass is 564 g/mol. The van der Waals surface area contributed by atoms with Crippen LogP contribution in [0.25, 0.3) is 22.2 Å². The molecule has 1 saturated carbocycles. The highest BCUT2D eigenvalue weighted by atomic mass is 35.5. The summed E-state index contributed by atoms with van der Waals surface area (Å²) in [7, 11) is -3.86. The van der Waals surface area contributed by atoms with E-state index in [2.05, 4.69) is 33.0 Å². The molecule has 2 aromatic heterocycles. The van der Waals surface area contributed by atoms with E-state index in [9.17, 15) is 8.42 Å². The molecule has 0 spiro atoms. The van der Waals surface area contributed by atoms with E-state index in [0.717, 1.165) is 65.4 Å². The maximum atomic E-state index is 13.0. The number of nitrogens with zero attached hydrogens (tertiary/aromatic N) is 3. The van der Waals surface area contributed by atoms with E-state index in [1.54, 1.807) is 24.4 Å². The van der Waals surface area contributed by atoms with Crippen LogP contribution in [0, 0.1) is 0 Å². The summed E-state index contributed by atoms with van der Waals surface area (Å²) in [5.74, 6) is 0.645. The largest absolute Gasteiger partial charge is 0.351 e. The number of hydrogen-bond acceptors (Lipinski definition) is 7. The number of rotatable bonds is 8. The van der Waals surface area contributed by atoms with Gasteiger partial charge in [-0.1, -0.05) is 37.6 Å². The van der Waals surface area contributed by atoms with Crippen molar-refractivity contribution in [2.45, 2.75) is 69.4 Å². The molecule has 0 bridgehead atoms. The lowest BCUT2D eigenvalue weighted by atomic mass is 9.92. The van der Waals surface area contributed by atoms with Gasteiger partial charge in [0.1, 0.15) is 4.90 Å². The fourth-order valence-electron chi connectivity index (χ4n) is 5.05. The fourth-order valence-corrected chi connectivity index (χ4v) is 6.66. The van der Waals surface area contributed by atoms with Gasteiger partial charge in [0.05, 0.1) is 28.1 Å². The van der Waals surface area contributed by atoms with Crippen molar-refractivity contribution in [1.82, 2.24) is 15.0 Å². The molecule has 0 aliphatic heterocycles. The van der Waals surface area contributed by atoms with Crippen LogP contribution in [0.15, 0.2) is 59.8 Å². The van der Waals surface area contributed by atoms with Crippen LogP contribution in [0.4, 0.5) is 11.6 Å². The molecule has 2 heterocycles. The second-order valence-electron chi connectivity index (χ2n) is 9.99. The van der Waals surface area contributed by atoms with Gasteiger partial charge in [0.15, 0.2) is 0 Å². The average molecular weight is 565 g/mol. The summed E-state index contributed by atoms with van der Waals surface area (Å²) in [5, 5.41) is 4.59. The van der Waals surface area contributed by atoms with Gasteiger partial charge < -0.3 is 11.1 Å². The average Bonchev–Trinajstić information content (AvgIpc) is 2.94. The molecule has 10 heteroatoms. The van der Waals surface area contributed by atoms with Gasteiger partial charge in [0, 0.05) is 29.2 Å². The van der Waals surface area contributed by atoms with Gasteiger partial charge in [-0.2, -0.15) is 0 Å². The van der Waals surface area contributed by atoms with E-state index in [4.69, 9.17) is 22.3 Å². The van der Waals surface area contributed by atoms with Gasteiger partial charge in [-0.15, -0.1) is 0 Å². The molecule has 0 atom stereocenters. The van der Waals surface area contributed by atoms with Gasteiger partial charge in [-0.3, -0.25) is 9.71 Å². The highest BCUT2D eigenvalue weighted by Crippen LogP contribution is 2.31. The lowest BCUT2D eigenvalue weighted by Gasteiger charge is -2.26. The van der Waals surface area contributed by atoms with Crippen molar-refractivity contribution in [2.24, 2.45) is 5.73 Å². The van der Waals surface area contributed by atoms with E-state index in [0.29, 0.717) is 30.1 Å². The minimum absolute atomic E-state index is 0.0285. The molecule has 1 aliphatic rings. The van der Waals surface area contributed by atoms with E-state index in [1.165, 1.54) is 6.07 Å². The van der Waals surface area contributed by atoms with Gasteiger partial charge >= 0.3 is 0 Å². The van der Waals surface area contributed by atoms with Gasteiger partial charge in [0.25, 0.3) is 10.0 Å². The van der Waals surface area contributed by atoms with Crippen LogP contribution < -0.4 is 15.8 Å². The van der Waals surface area contributed by atoms with Crippen LogP contribution in [0.5, 0.6) is 0 Å². The third kappa shape index (κ3) is 6.00. The first kappa shape index (κ1) is 27.3. The number of aryl methyl sites for hydroxylation is 2. The van der Waals surface area contributed by atoms with Crippen molar-refractivity contribution in [1.29, 1.82) is 0 Å². The van der Waals surface area contributed by atoms with Gasteiger partial charge in [-0.05, 0) is 80.0 Å². The first-order valence-electron chi connectivity index (χ1n) is 13.4. The van der Waals surface area contributed by atoms with Crippen LogP contribution in [0.2, 0.25) is 5.02 Å². The topological polar surface area (TPSA) is 123 Å². The number of aromatic nitrogens is 3. The third-order valence-corrected chi connectivity index (χ3v) is 9.15. The Morgan fingerprint density at radius 2 is 1.72 bits per heavy atom. The Morgan fingerprint density at radius 1 is 0.974 bits per heavy atom. The lowest BCUT2D eigenvalue weighted by molar-refractivity contribution is 0.410. The molecule has 1 aliphatic carbocycles. The minimum atomic E-state index is -3.86. The molecular weight excluding hydrogens is 532 g/mol. The number of sulfonamides is 1. The van der Waals surface area contributed by atoms with Crippen LogP contribution in [-0.4, -0.2) is 35.5 Å². The predicted octanol–water partition coefficient (Wildman–Crippen LogP) is 5.95. The highest BCUT2D eigenvalue weighted by molar-refractivity contribution is 7.92. The summed E-state index contributed by atoms with van der Waals surface area (Å²) in [6, 6.07) is 13.1. The Labute approximate surface area is 234 Å². The molecule has 2 aromatic carbocycles. The molecule has 4 N–H and O–H groups in total. The maximum absolute atomic E-state index is 13.0. The first-order chi connectivity index (χ1) is 18.8. The summed E-state index contributed by atoms with van der Waals surface area (Å²) >= 11 is 6.14. The molecule has 0 radical (unpaired) electrons. The second-order valence-corrected chi connectivity index (χ2v) is 12.1. The van der Waals surface area contributed by atoms with E-state index in [1.807, 2.05) is 25.3 Å². The van der Waals surface area contributed by atoms with E-state index in [-0.39, 0.29) is 9.92 Å². The molecule has 0 amide bonds. The molecule has 39 heavy (non-hydrogen) atoms. The zero-order chi connectivity index (χ0) is 27.6. The quantitative estimate of drug-likeness (QED) is 0.241. The molecule has 4 aromatic rings. The van der Waals surface area contributed by atoms with Crippen LogP contribution in [-0.2, 0) is 22.9 Å². The molecule has 0 saturated heterocycles. The van der Waals surface area contributed by atoms with Crippen LogP contribution in [0.1, 0.15) is 50.7 Å². The number of anilines is 2. The zero-order valence-corrected chi connectivity index (χ0v) is 23.7. The van der Waals surface area contributed by atoms with Crippen molar-refractivity contribution in [3.05, 3.63) is 71.0 Å². The number of benzene rings is 2.